The van der Waals surface area contributed by atoms with Crippen molar-refractivity contribution in [3.63, 3.8) is 0 Å². The van der Waals surface area contributed by atoms with Gasteiger partial charge in [-0.1, -0.05) is 56.0 Å². The molecule has 19 heavy (non-hydrogen) atoms. The summed E-state index contributed by atoms with van der Waals surface area (Å²) in [6, 6.07) is 6.33. The lowest BCUT2D eigenvalue weighted by Crippen LogP contribution is -2.28. The summed E-state index contributed by atoms with van der Waals surface area (Å²) in [5.41, 5.74) is 0.976. The van der Waals surface area contributed by atoms with Crippen LogP contribution < -0.4 is 5.32 Å². The average molecular weight is 300 g/mol. The Hall–Kier alpha value is -0.400. The highest BCUT2D eigenvalue weighted by Crippen LogP contribution is 2.34. The molecule has 1 saturated carbocycles. The summed E-state index contributed by atoms with van der Waals surface area (Å²) in [6.07, 6.45) is 6.51. The van der Waals surface area contributed by atoms with Crippen LogP contribution in [-0.4, -0.2) is 6.04 Å². The summed E-state index contributed by atoms with van der Waals surface area (Å²) in [4.78, 5) is 0. The van der Waals surface area contributed by atoms with Gasteiger partial charge < -0.3 is 5.32 Å². The normalized spacial score (nSPS) is 23.6. The van der Waals surface area contributed by atoms with Gasteiger partial charge in [-0.2, -0.15) is 0 Å². The minimum atomic E-state index is 0.536. The van der Waals surface area contributed by atoms with E-state index in [2.05, 4.69) is 19.2 Å². The highest BCUT2D eigenvalue weighted by atomic mass is 35.5. The quantitative estimate of drug-likeness (QED) is 0.718. The topological polar surface area (TPSA) is 12.0 Å². The third-order valence-corrected chi connectivity index (χ3v) is 4.72. The molecule has 0 bridgehead atoms. The predicted octanol–water partition coefficient (Wildman–Crippen LogP) is 6.01. The lowest BCUT2D eigenvalue weighted by molar-refractivity contribution is 0.289. The maximum atomic E-state index is 6.24. The Labute approximate surface area is 126 Å². The first-order chi connectivity index (χ1) is 9.06. The first-order valence-electron chi connectivity index (χ1n) is 7.26. The van der Waals surface area contributed by atoms with Crippen LogP contribution in [0.15, 0.2) is 18.2 Å². The van der Waals surface area contributed by atoms with Gasteiger partial charge in [-0.3, -0.25) is 0 Å². The molecule has 1 aromatic rings. The van der Waals surface area contributed by atoms with E-state index in [1.165, 1.54) is 32.1 Å². The Bertz CT molecular complexity index is 417. The standard InChI is InChI=1S/C16H23Cl2N/c1-11(2)9-12-5-3-6-13(10-12)19-15-8-4-7-14(17)16(15)18/h4,7-8,11-13,19H,3,5-6,9-10H2,1-2H3. The number of benzene rings is 1. The van der Waals surface area contributed by atoms with Crippen LogP contribution >= 0.6 is 23.2 Å². The van der Waals surface area contributed by atoms with E-state index in [0.717, 1.165) is 17.5 Å². The van der Waals surface area contributed by atoms with Gasteiger partial charge in [-0.05, 0) is 43.2 Å². The molecule has 3 heteroatoms. The molecule has 2 atom stereocenters. The van der Waals surface area contributed by atoms with E-state index >= 15 is 0 Å². The molecule has 0 aromatic heterocycles. The molecule has 2 unspecified atom stereocenters. The molecule has 1 aromatic carbocycles. The molecule has 1 nitrogen and oxygen atoms in total. The minimum absolute atomic E-state index is 0.536. The summed E-state index contributed by atoms with van der Waals surface area (Å²) in [6.45, 7) is 4.62. The number of anilines is 1. The SMILES string of the molecule is CC(C)CC1CCCC(Nc2cccc(Cl)c2Cl)C1. The van der Waals surface area contributed by atoms with Crippen molar-refractivity contribution in [2.24, 2.45) is 11.8 Å². The smallest absolute Gasteiger partial charge is 0.0823 e. The maximum Gasteiger partial charge on any atom is 0.0823 e. The molecule has 0 radical (unpaired) electrons. The van der Waals surface area contributed by atoms with Crippen LogP contribution in [0.1, 0.15) is 46.0 Å². The van der Waals surface area contributed by atoms with Crippen molar-refractivity contribution in [2.75, 3.05) is 5.32 Å². The van der Waals surface area contributed by atoms with Crippen LogP contribution in [0.4, 0.5) is 5.69 Å². The molecule has 0 spiro atoms. The number of rotatable bonds is 4. The summed E-state index contributed by atoms with van der Waals surface area (Å²) in [7, 11) is 0. The molecule has 0 heterocycles. The molecular formula is C16H23Cl2N. The van der Waals surface area contributed by atoms with Crippen LogP contribution in [0.3, 0.4) is 0 Å². The van der Waals surface area contributed by atoms with Gasteiger partial charge in [-0.25, -0.2) is 0 Å². The zero-order valence-electron chi connectivity index (χ0n) is 11.8. The molecule has 1 fully saturated rings. The van der Waals surface area contributed by atoms with Crippen molar-refractivity contribution >= 4 is 28.9 Å². The van der Waals surface area contributed by atoms with E-state index in [4.69, 9.17) is 23.2 Å². The Morgan fingerprint density at radius 1 is 1.26 bits per heavy atom. The van der Waals surface area contributed by atoms with Crippen LogP contribution in [0.5, 0.6) is 0 Å². The van der Waals surface area contributed by atoms with Crippen molar-refractivity contribution in [2.45, 2.75) is 52.0 Å². The highest BCUT2D eigenvalue weighted by molar-refractivity contribution is 6.43. The fourth-order valence-corrected chi connectivity index (χ4v) is 3.49. The summed E-state index contributed by atoms with van der Waals surface area (Å²) < 4.78 is 0. The second kappa shape index (κ2) is 6.85. The van der Waals surface area contributed by atoms with E-state index in [0.29, 0.717) is 16.1 Å². The Kier molecular flexibility index (Phi) is 5.41. The highest BCUT2D eigenvalue weighted by Gasteiger charge is 2.23. The van der Waals surface area contributed by atoms with Crippen molar-refractivity contribution in [1.82, 2.24) is 0 Å². The van der Waals surface area contributed by atoms with E-state index in [1.54, 1.807) is 0 Å². The molecular weight excluding hydrogens is 277 g/mol. The Morgan fingerprint density at radius 2 is 2.05 bits per heavy atom. The van der Waals surface area contributed by atoms with Crippen LogP contribution in [0.25, 0.3) is 0 Å². The van der Waals surface area contributed by atoms with E-state index < -0.39 is 0 Å². The van der Waals surface area contributed by atoms with Crippen LogP contribution in [-0.2, 0) is 0 Å². The van der Waals surface area contributed by atoms with Gasteiger partial charge in [0.2, 0.25) is 0 Å². The number of halogens is 2. The summed E-state index contributed by atoms with van der Waals surface area (Å²) >= 11 is 12.3. The Balaban J connectivity index is 1.97. The predicted molar refractivity (Wildman–Crippen MR) is 85.3 cm³/mol. The van der Waals surface area contributed by atoms with Gasteiger partial charge >= 0.3 is 0 Å². The van der Waals surface area contributed by atoms with Crippen LogP contribution in [0.2, 0.25) is 10.0 Å². The molecule has 0 saturated heterocycles. The molecule has 1 aliphatic carbocycles. The fourth-order valence-electron chi connectivity index (χ4n) is 3.14. The largest absolute Gasteiger partial charge is 0.381 e. The van der Waals surface area contributed by atoms with Crippen molar-refractivity contribution < 1.29 is 0 Å². The van der Waals surface area contributed by atoms with Gasteiger partial charge in [-0.15, -0.1) is 0 Å². The first kappa shape index (κ1) is 15.0. The first-order valence-corrected chi connectivity index (χ1v) is 8.02. The number of hydrogen-bond acceptors (Lipinski definition) is 1. The molecule has 0 amide bonds. The van der Waals surface area contributed by atoms with Gasteiger partial charge in [0.25, 0.3) is 0 Å². The molecule has 1 aliphatic rings. The van der Waals surface area contributed by atoms with Crippen molar-refractivity contribution in [1.29, 1.82) is 0 Å². The van der Waals surface area contributed by atoms with Gasteiger partial charge in [0.1, 0.15) is 0 Å². The zero-order valence-corrected chi connectivity index (χ0v) is 13.3. The summed E-state index contributed by atoms with van der Waals surface area (Å²) in [5.74, 6) is 1.64. The van der Waals surface area contributed by atoms with E-state index in [9.17, 15) is 0 Å². The summed E-state index contributed by atoms with van der Waals surface area (Å²) in [5, 5.41) is 4.85. The Morgan fingerprint density at radius 3 is 2.79 bits per heavy atom. The van der Waals surface area contributed by atoms with Gasteiger partial charge in [0.05, 0.1) is 15.7 Å². The molecule has 0 aliphatic heterocycles. The second-order valence-electron chi connectivity index (χ2n) is 6.10. The average Bonchev–Trinajstić information content (AvgIpc) is 2.35. The lowest BCUT2D eigenvalue weighted by atomic mass is 9.81. The fraction of sp³-hybridized carbons (Fsp3) is 0.625. The second-order valence-corrected chi connectivity index (χ2v) is 6.89. The number of nitrogens with one attached hydrogen (secondary N) is 1. The number of hydrogen-bond donors (Lipinski definition) is 1. The minimum Gasteiger partial charge on any atom is -0.381 e. The van der Waals surface area contributed by atoms with Crippen molar-refractivity contribution in [3.8, 4) is 0 Å². The molecule has 106 valence electrons. The lowest BCUT2D eigenvalue weighted by Gasteiger charge is -2.31. The zero-order chi connectivity index (χ0) is 13.8. The van der Waals surface area contributed by atoms with Gasteiger partial charge in [0, 0.05) is 6.04 Å². The van der Waals surface area contributed by atoms with Crippen LogP contribution in [0, 0.1) is 11.8 Å². The van der Waals surface area contributed by atoms with E-state index in [-0.39, 0.29) is 0 Å². The maximum absolute atomic E-state index is 6.24. The van der Waals surface area contributed by atoms with E-state index in [1.807, 2.05) is 18.2 Å². The third-order valence-electron chi connectivity index (χ3n) is 3.90. The molecule has 1 N–H and O–H groups in total. The monoisotopic (exact) mass is 299 g/mol. The third kappa shape index (κ3) is 4.29. The van der Waals surface area contributed by atoms with Gasteiger partial charge in [0.15, 0.2) is 0 Å². The molecule has 2 rings (SSSR count). The van der Waals surface area contributed by atoms with Crippen molar-refractivity contribution in [3.05, 3.63) is 28.2 Å².